The van der Waals surface area contributed by atoms with E-state index in [0.29, 0.717) is 38.9 Å². The number of nitrogens with one attached hydrogen (secondary N) is 1. The van der Waals surface area contributed by atoms with Crippen LogP contribution in [0.15, 0.2) is 34.2 Å². The lowest BCUT2D eigenvalue weighted by atomic mass is 9.94. The highest BCUT2D eigenvalue weighted by Gasteiger charge is 2.23. The van der Waals surface area contributed by atoms with Gasteiger partial charge in [0, 0.05) is 37.8 Å². The minimum atomic E-state index is -0.316. The van der Waals surface area contributed by atoms with Crippen molar-refractivity contribution in [2.75, 3.05) is 7.05 Å². The average Bonchev–Trinajstić information content (AvgIpc) is 2.98. The molecule has 0 aliphatic carbocycles. The third-order valence-electron chi connectivity index (χ3n) is 4.36. The van der Waals surface area contributed by atoms with E-state index >= 15 is 0 Å². The van der Waals surface area contributed by atoms with E-state index in [1.807, 2.05) is 0 Å². The molecule has 0 amide bonds. The summed E-state index contributed by atoms with van der Waals surface area (Å²) in [5.74, 6) is 0. The molecule has 0 spiro atoms. The number of aryl methyl sites for hydroxylation is 1. The number of halogens is 1. The highest BCUT2D eigenvalue weighted by Crippen LogP contribution is 2.28. The Morgan fingerprint density at radius 1 is 1.46 bits per heavy atom. The number of hydrogen-bond donors (Lipinski definition) is 3. The number of nitriles is 1. The summed E-state index contributed by atoms with van der Waals surface area (Å²) >= 11 is 6.25. The number of allylic oxidation sites excluding steroid dienone is 1. The third kappa shape index (κ3) is 3.05. The topological polar surface area (TPSA) is 152 Å². The lowest BCUT2D eigenvalue weighted by Gasteiger charge is -2.12. The van der Waals surface area contributed by atoms with Gasteiger partial charge in [0.25, 0.3) is 5.56 Å². The van der Waals surface area contributed by atoms with Crippen molar-refractivity contribution in [1.29, 1.82) is 5.26 Å². The number of aromatic nitrogens is 4. The third-order valence-corrected chi connectivity index (χ3v) is 4.63. The Labute approximate surface area is 164 Å². The summed E-state index contributed by atoms with van der Waals surface area (Å²) in [6, 6.07) is 7.24. The molecule has 3 rings (SSSR count). The Hall–Kier alpha value is -3.48. The number of fused-ring (bicyclic) bond motifs is 1. The van der Waals surface area contributed by atoms with E-state index in [4.69, 9.17) is 23.1 Å². The molecule has 0 aliphatic rings. The molecule has 0 fully saturated rings. The second-order valence-electron chi connectivity index (χ2n) is 5.87. The largest absolute Gasteiger partial charge is 0.404 e. The number of rotatable bonds is 4. The molecule has 0 saturated heterocycles. The van der Waals surface area contributed by atoms with Gasteiger partial charge in [-0.2, -0.15) is 15.5 Å². The number of H-pyrrole nitrogens is 1. The van der Waals surface area contributed by atoms with Gasteiger partial charge in [-0.05, 0) is 17.7 Å². The first-order chi connectivity index (χ1) is 13.5. The second kappa shape index (κ2) is 7.64. The first-order valence-electron chi connectivity index (χ1n) is 8.20. The van der Waals surface area contributed by atoms with Crippen LogP contribution in [0.4, 0.5) is 0 Å². The quantitative estimate of drug-likeness (QED) is 0.560. The van der Waals surface area contributed by atoms with Crippen LogP contribution in [0.25, 0.3) is 16.3 Å². The van der Waals surface area contributed by atoms with Crippen LogP contribution in [0.3, 0.4) is 0 Å². The minimum absolute atomic E-state index is 0.139. The maximum absolute atomic E-state index is 12.1. The van der Waals surface area contributed by atoms with Crippen LogP contribution in [-0.2, 0) is 13.6 Å². The number of benzene rings is 1. The standard InChI is InChI=1S/C18H17ClN8O/c1-23-16(15-14(8-22)27(2)26-17(15)19)12(6-20)9-3-4-10-11(5-9)13(7-21)24-25-18(10)28/h3-6H,7,20-21H2,1-2H3,(H,25,28)/b12-6-,23-16?. The number of hydrogen-bond acceptors (Lipinski definition) is 7. The van der Waals surface area contributed by atoms with Gasteiger partial charge in [0.05, 0.1) is 22.4 Å². The average molecular weight is 397 g/mol. The Morgan fingerprint density at radius 3 is 2.82 bits per heavy atom. The van der Waals surface area contributed by atoms with Crippen molar-refractivity contribution in [2.45, 2.75) is 6.54 Å². The molecular formula is C18H17ClN8O. The van der Waals surface area contributed by atoms with Crippen LogP contribution < -0.4 is 17.0 Å². The van der Waals surface area contributed by atoms with Gasteiger partial charge >= 0.3 is 0 Å². The SMILES string of the molecule is CN=C(/C(=C\N)c1ccc2c(=O)[nH]nc(CN)c2c1)c1c(Cl)nn(C)c1C#N. The molecule has 10 heteroatoms. The van der Waals surface area contributed by atoms with Gasteiger partial charge in [-0.25, -0.2) is 5.10 Å². The second-order valence-corrected chi connectivity index (χ2v) is 6.22. The Kier molecular flexibility index (Phi) is 5.26. The summed E-state index contributed by atoms with van der Waals surface area (Å²) in [5, 5.41) is 21.2. The van der Waals surface area contributed by atoms with E-state index in [2.05, 4.69) is 26.4 Å². The van der Waals surface area contributed by atoms with Crippen molar-refractivity contribution in [3.05, 3.63) is 62.4 Å². The van der Waals surface area contributed by atoms with E-state index in [1.54, 1.807) is 32.3 Å². The maximum Gasteiger partial charge on any atom is 0.272 e. The maximum atomic E-state index is 12.1. The molecule has 28 heavy (non-hydrogen) atoms. The van der Waals surface area contributed by atoms with E-state index in [9.17, 15) is 10.1 Å². The van der Waals surface area contributed by atoms with Crippen LogP contribution in [-0.4, -0.2) is 32.7 Å². The van der Waals surface area contributed by atoms with Crippen LogP contribution >= 0.6 is 11.6 Å². The molecule has 0 radical (unpaired) electrons. The summed E-state index contributed by atoms with van der Waals surface area (Å²) in [6.45, 7) is 0.153. The smallest absolute Gasteiger partial charge is 0.272 e. The molecule has 0 unspecified atom stereocenters. The number of nitrogens with two attached hydrogens (primary N) is 2. The fraction of sp³-hybridized carbons (Fsp3) is 0.167. The zero-order valence-corrected chi connectivity index (χ0v) is 15.9. The van der Waals surface area contributed by atoms with E-state index in [1.165, 1.54) is 10.9 Å². The Balaban J connectivity index is 2.25. The molecule has 2 heterocycles. The molecule has 3 aromatic rings. The molecule has 0 bridgehead atoms. The van der Waals surface area contributed by atoms with Gasteiger partial charge in [0.2, 0.25) is 0 Å². The predicted molar refractivity (Wildman–Crippen MR) is 108 cm³/mol. The molecule has 0 saturated carbocycles. The monoisotopic (exact) mass is 396 g/mol. The Morgan fingerprint density at radius 2 is 2.21 bits per heavy atom. The highest BCUT2D eigenvalue weighted by molar-refractivity contribution is 6.40. The van der Waals surface area contributed by atoms with Crippen LogP contribution in [0.5, 0.6) is 0 Å². The van der Waals surface area contributed by atoms with E-state index < -0.39 is 0 Å². The number of aromatic amines is 1. The number of aliphatic imine (C=N–C) groups is 1. The summed E-state index contributed by atoms with van der Waals surface area (Å²) in [7, 11) is 3.19. The first kappa shape index (κ1) is 19.3. The molecule has 0 atom stereocenters. The van der Waals surface area contributed by atoms with Crippen LogP contribution in [0.2, 0.25) is 5.15 Å². The van der Waals surface area contributed by atoms with Crippen LogP contribution in [0, 0.1) is 11.3 Å². The molecule has 0 aliphatic heterocycles. The fourth-order valence-electron chi connectivity index (χ4n) is 3.05. The van der Waals surface area contributed by atoms with Crippen molar-refractivity contribution < 1.29 is 0 Å². The van der Waals surface area contributed by atoms with Gasteiger partial charge in [-0.1, -0.05) is 17.7 Å². The normalized spacial score (nSPS) is 12.4. The lowest BCUT2D eigenvalue weighted by molar-refractivity contribution is 0.756. The van der Waals surface area contributed by atoms with Gasteiger partial charge < -0.3 is 11.5 Å². The molecule has 9 nitrogen and oxygen atoms in total. The highest BCUT2D eigenvalue weighted by atomic mass is 35.5. The van der Waals surface area contributed by atoms with Gasteiger partial charge in [0.1, 0.15) is 11.8 Å². The summed E-state index contributed by atoms with van der Waals surface area (Å²) in [6.07, 6.45) is 1.37. The Bertz CT molecular complexity index is 1230. The molecular weight excluding hydrogens is 380 g/mol. The zero-order chi connectivity index (χ0) is 20.4. The van der Waals surface area contributed by atoms with Gasteiger partial charge in [-0.15, -0.1) is 0 Å². The molecule has 142 valence electrons. The van der Waals surface area contributed by atoms with Crippen molar-refractivity contribution in [1.82, 2.24) is 20.0 Å². The summed E-state index contributed by atoms with van der Waals surface area (Å²) in [4.78, 5) is 16.4. The van der Waals surface area contributed by atoms with Crippen molar-refractivity contribution in [3.8, 4) is 6.07 Å². The fourth-order valence-corrected chi connectivity index (χ4v) is 3.34. The van der Waals surface area contributed by atoms with Crippen LogP contribution in [0.1, 0.15) is 22.5 Å². The predicted octanol–water partition coefficient (Wildman–Crippen LogP) is 1.06. The van der Waals surface area contributed by atoms with Crippen molar-refractivity contribution in [3.63, 3.8) is 0 Å². The molecule has 2 aromatic heterocycles. The van der Waals surface area contributed by atoms with Gasteiger partial charge in [0.15, 0.2) is 5.15 Å². The van der Waals surface area contributed by atoms with Crippen molar-refractivity contribution >= 4 is 33.7 Å². The first-order valence-corrected chi connectivity index (χ1v) is 8.58. The van der Waals surface area contributed by atoms with E-state index in [-0.39, 0.29) is 23.0 Å². The van der Waals surface area contributed by atoms with Gasteiger partial charge in [-0.3, -0.25) is 14.5 Å². The summed E-state index contributed by atoms with van der Waals surface area (Å²) in [5.41, 5.74) is 14.1. The number of nitrogens with zero attached hydrogens (tertiary/aromatic N) is 5. The lowest BCUT2D eigenvalue weighted by Crippen LogP contribution is -2.14. The molecule has 1 aromatic carbocycles. The van der Waals surface area contributed by atoms with E-state index in [0.717, 1.165) is 0 Å². The van der Waals surface area contributed by atoms with Crippen molar-refractivity contribution in [2.24, 2.45) is 23.5 Å². The molecule has 5 N–H and O–H groups in total. The zero-order valence-electron chi connectivity index (χ0n) is 15.2. The minimum Gasteiger partial charge on any atom is -0.404 e. The summed E-state index contributed by atoms with van der Waals surface area (Å²) < 4.78 is 1.38.